The van der Waals surface area contributed by atoms with Gasteiger partial charge in [0.1, 0.15) is 0 Å². The monoisotopic (exact) mass is 252 g/mol. The maximum absolute atomic E-state index is 5.57. The van der Waals surface area contributed by atoms with Gasteiger partial charge in [0.2, 0.25) is 0 Å². The predicted octanol–water partition coefficient (Wildman–Crippen LogP) is 2.83. The highest BCUT2D eigenvalue weighted by molar-refractivity contribution is 7.98. The summed E-state index contributed by atoms with van der Waals surface area (Å²) in [4.78, 5) is 3.70. The van der Waals surface area contributed by atoms with Crippen LogP contribution in [0.15, 0.2) is 29.2 Å². The fourth-order valence-electron chi connectivity index (χ4n) is 2.02. The van der Waals surface area contributed by atoms with Gasteiger partial charge in [-0.15, -0.1) is 11.8 Å². The van der Waals surface area contributed by atoms with Crippen molar-refractivity contribution in [1.29, 1.82) is 0 Å². The lowest BCUT2D eigenvalue weighted by Crippen LogP contribution is -2.25. The summed E-state index contributed by atoms with van der Waals surface area (Å²) in [6.45, 7) is 5.18. The summed E-state index contributed by atoms with van der Waals surface area (Å²) in [5.41, 5.74) is 6.95. The molecule has 0 aliphatic carbocycles. The highest BCUT2D eigenvalue weighted by Gasteiger charge is 2.06. The van der Waals surface area contributed by atoms with Crippen LogP contribution < -0.4 is 5.73 Å². The van der Waals surface area contributed by atoms with Crippen LogP contribution in [0.2, 0.25) is 0 Å². The highest BCUT2D eigenvalue weighted by Crippen LogP contribution is 2.16. The van der Waals surface area contributed by atoms with E-state index in [2.05, 4.69) is 49.4 Å². The zero-order chi connectivity index (χ0) is 12.7. The zero-order valence-corrected chi connectivity index (χ0v) is 12.0. The summed E-state index contributed by atoms with van der Waals surface area (Å²) in [7, 11) is 2.18. The van der Waals surface area contributed by atoms with Crippen LogP contribution in [0.5, 0.6) is 0 Å². The number of nitrogens with two attached hydrogens (primary N) is 1. The molecule has 2 nitrogen and oxygen atoms in total. The predicted molar refractivity (Wildman–Crippen MR) is 77.4 cm³/mol. The average Bonchev–Trinajstić information content (AvgIpc) is 2.30. The van der Waals surface area contributed by atoms with Gasteiger partial charge in [0.25, 0.3) is 0 Å². The van der Waals surface area contributed by atoms with Gasteiger partial charge in [0.15, 0.2) is 0 Å². The first-order valence-corrected chi connectivity index (χ1v) is 7.39. The summed E-state index contributed by atoms with van der Waals surface area (Å²) in [5.74, 6) is 0.676. The van der Waals surface area contributed by atoms with Crippen molar-refractivity contribution in [2.24, 2.45) is 11.7 Å². The SMILES string of the molecule is CSc1ccc(CN(C)CC(C)CCN)cc1. The number of thioether (sulfide) groups is 1. The minimum absolute atomic E-state index is 0.676. The Kier molecular flexibility index (Phi) is 6.63. The topological polar surface area (TPSA) is 29.3 Å². The standard InChI is InChI=1S/C14H24N2S/c1-12(8-9-15)10-16(2)11-13-4-6-14(17-3)7-5-13/h4-7,12H,8-11,15H2,1-3H3. The van der Waals surface area contributed by atoms with Gasteiger partial charge >= 0.3 is 0 Å². The maximum Gasteiger partial charge on any atom is 0.0230 e. The van der Waals surface area contributed by atoms with Crippen molar-refractivity contribution >= 4 is 11.8 Å². The van der Waals surface area contributed by atoms with Gasteiger partial charge in [0.05, 0.1) is 0 Å². The second-order valence-electron chi connectivity index (χ2n) is 4.73. The molecule has 3 heteroatoms. The van der Waals surface area contributed by atoms with Crippen LogP contribution in [0.3, 0.4) is 0 Å². The van der Waals surface area contributed by atoms with Gasteiger partial charge in [-0.3, -0.25) is 0 Å². The van der Waals surface area contributed by atoms with Gasteiger partial charge in [-0.25, -0.2) is 0 Å². The second kappa shape index (κ2) is 7.75. The van der Waals surface area contributed by atoms with Crippen molar-refractivity contribution < 1.29 is 0 Å². The second-order valence-corrected chi connectivity index (χ2v) is 5.61. The molecule has 0 amide bonds. The molecule has 1 aromatic rings. The maximum atomic E-state index is 5.57. The lowest BCUT2D eigenvalue weighted by molar-refractivity contribution is 0.273. The average molecular weight is 252 g/mol. The summed E-state index contributed by atoms with van der Waals surface area (Å²) in [5, 5.41) is 0. The fourth-order valence-corrected chi connectivity index (χ4v) is 2.42. The van der Waals surface area contributed by atoms with Crippen molar-refractivity contribution in [3.8, 4) is 0 Å². The molecule has 0 spiro atoms. The molecular formula is C14H24N2S. The number of nitrogens with zero attached hydrogens (tertiary/aromatic N) is 1. The first-order valence-electron chi connectivity index (χ1n) is 6.17. The Balaban J connectivity index is 2.41. The minimum atomic E-state index is 0.676. The van der Waals surface area contributed by atoms with Gasteiger partial charge in [-0.2, -0.15) is 0 Å². The number of benzene rings is 1. The molecule has 0 aromatic heterocycles. The van der Waals surface area contributed by atoms with E-state index in [1.807, 2.05) is 0 Å². The molecule has 0 fully saturated rings. The Bertz CT molecular complexity index is 311. The van der Waals surface area contributed by atoms with Crippen LogP contribution in [0.1, 0.15) is 18.9 Å². The van der Waals surface area contributed by atoms with Crippen LogP contribution in [0.4, 0.5) is 0 Å². The van der Waals surface area contributed by atoms with Crippen molar-refractivity contribution in [1.82, 2.24) is 4.90 Å². The van der Waals surface area contributed by atoms with E-state index >= 15 is 0 Å². The normalized spacial score (nSPS) is 13.0. The molecule has 0 radical (unpaired) electrons. The van der Waals surface area contributed by atoms with Gasteiger partial charge < -0.3 is 10.6 Å². The minimum Gasteiger partial charge on any atom is -0.330 e. The lowest BCUT2D eigenvalue weighted by atomic mass is 10.1. The van der Waals surface area contributed by atoms with Crippen LogP contribution in [-0.2, 0) is 6.54 Å². The third kappa shape index (κ3) is 5.57. The first kappa shape index (κ1) is 14.6. The van der Waals surface area contributed by atoms with E-state index in [-0.39, 0.29) is 0 Å². The Labute approximate surface area is 110 Å². The van der Waals surface area contributed by atoms with Crippen LogP contribution in [0.25, 0.3) is 0 Å². The zero-order valence-electron chi connectivity index (χ0n) is 11.1. The van der Waals surface area contributed by atoms with Crippen LogP contribution in [-0.4, -0.2) is 31.3 Å². The smallest absolute Gasteiger partial charge is 0.0230 e. The molecule has 0 heterocycles. The largest absolute Gasteiger partial charge is 0.330 e. The highest BCUT2D eigenvalue weighted by atomic mass is 32.2. The van der Waals surface area contributed by atoms with E-state index in [0.29, 0.717) is 5.92 Å². The molecule has 0 saturated carbocycles. The molecule has 0 aliphatic heterocycles. The van der Waals surface area contributed by atoms with E-state index < -0.39 is 0 Å². The number of hydrogen-bond acceptors (Lipinski definition) is 3. The molecule has 0 bridgehead atoms. The number of rotatable bonds is 7. The molecule has 2 N–H and O–H groups in total. The molecule has 1 unspecified atom stereocenters. The Morgan fingerprint density at radius 3 is 2.47 bits per heavy atom. The van der Waals surface area contributed by atoms with E-state index in [1.54, 1.807) is 11.8 Å². The number of hydrogen-bond donors (Lipinski definition) is 1. The van der Waals surface area contributed by atoms with Crippen molar-refractivity contribution in [2.45, 2.75) is 24.8 Å². The summed E-state index contributed by atoms with van der Waals surface area (Å²) in [6.07, 6.45) is 3.21. The molecular weight excluding hydrogens is 228 g/mol. The quantitative estimate of drug-likeness (QED) is 0.757. The van der Waals surface area contributed by atoms with Gasteiger partial charge in [-0.1, -0.05) is 19.1 Å². The van der Waals surface area contributed by atoms with Gasteiger partial charge in [0, 0.05) is 18.0 Å². The summed E-state index contributed by atoms with van der Waals surface area (Å²) in [6, 6.07) is 8.82. The van der Waals surface area contributed by atoms with Crippen molar-refractivity contribution in [3.63, 3.8) is 0 Å². The van der Waals surface area contributed by atoms with E-state index in [0.717, 1.165) is 26.1 Å². The summed E-state index contributed by atoms with van der Waals surface area (Å²) >= 11 is 1.79. The molecule has 1 aromatic carbocycles. The van der Waals surface area contributed by atoms with E-state index in [9.17, 15) is 0 Å². The Hall–Kier alpha value is -0.510. The van der Waals surface area contributed by atoms with Crippen LogP contribution in [0, 0.1) is 5.92 Å². The Morgan fingerprint density at radius 2 is 1.94 bits per heavy atom. The molecule has 1 rings (SSSR count). The Morgan fingerprint density at radius 1 is 1.29 bits per heavy atom. The third-order valence-electron chi connectivity index (χ3n) is 2.89. The van der Waals surface area contributed by atoms with Crippen molar-refractivity contribution in [3.05, 3.63) is 29.8 Å². The first-order chi connectivity index (χ1) is 8.15. The van der Waals surface area contributed by atoms with E-state index in [4.69, 9.17) is 5.73 Å². The van der Waals surface area contributed by atoms with Crippen molar-refractivity contribution in [2.75, 3.05) is 26.4 Å². The molecule has 1 atom stereocenters. The third-order valence-corrected chi connectivity index (χ3v) is 3.64. The molecule has 0 saturated heterocycles. The summed E-state index contributed by atoms with van der Waals surface area (Å²) < 4.78 is 0. The molecule has 96 valence electrons. The van der Waals surface area contributed by atoms with Crippen LogP contribution >= 0.6 is 11.8 Å². The molecule has 0 aliphatic rings. The van der Waals surface area contributed by atoms with Gasteiger partial charge in [-0.05, 0) is 49.9 Å². The van der Waals surface area contributed by atoms with E-state index in [1.165, 1.54) is 10.5 Å². The fraction of sp³-hybridized carbons (Fsp3) is 0.571. The molecule has 17 heavy (non-hydrogen) atoms. The lowest BCUT2D eigenvalue weighted by Gasteiger charge is -2.21.